The second kappa shape index (κ2) is 8.02. The molecule has 0 atom stereocenters. The molecular formula is C20H31NO3. The zero-order valence-corrected chi connectivity index (χ0v) is 15.6. The molecule has 1 N–H and O–H groups in total. The fourth-order valence-corrected chi connectivity index (χ4v) is 3.49. The number of likely N-dealkylation sites (tertiary alicyclic amines) is 1. The first-order chi connectivity index (χ1) is 11.3. The molecule has 4 heteroatoms. The molecular weight excluding hydrogens is 302 g/mol. The molecule has 1 fully saturated rings. The summed E-state index contributed by atoms with van der Waals surface area (Å²) in [5.74, 6) is 1.41. The van der Waals surface area contributed by atoms with E-state index in [1.54, 1.807) is 0 Å². The van der Waals surface area contributed by atoms with Gasteiger partial charge in [-0.2, -0.15) is 0 Å². The van der Waals surface area contributed by atoms with Gasteiger partial charge in [-0.3, -0.25) is 9.69 Å². The van der Waals surface area contributed by atoms with Gasteiger partial charge in [-0.15, -0.1) is 0 Å². The van der Waals surface area contributed by atoms with Gasteiger partial charge in [0.25, 0.3) is 0 Å². The first kappa shape index (κ1) is 18.8. The van der Waals surface area contributed by atoms with Crippen molar-refractivity contribution in [3.63, 3.8) is 0 Å². The molecule has 1 heterocycles. The quantitative estimate of drug-likeness (QED) is 0.828. The predicted octanol–water partition coefficient (Wildman–Crippen LogP) is 3.99. The van der Waals surface area contributed by atoms with Gasteiger partial charge >= 0.3 is 5.97 Å². The Morgan fingerprint density at radius 2 is 1.67 bits per heavy atom. The minimum absolute atomic E-state index is 0.165. The second-order valence-electron chi connectivity index (χ2n) is 7.48. The van der Waals surface area contributed by atoms with E-state index in [0.29, 0.717) is 30.0 Å². The van der Waals surface area contributed by atoms with E-state index in [1.807, 2.05) is 0 Å². The molecule has 0 bridgehead atoms. The summed E-state index contributed by atoms with van der Waals surface area (Å²) in [6, 6.07) is 4.37. The van der Waals surface area contributed by atoms with Gasteiger partial charge in [0.1, 0.15) is 5.75 Å². The molecule has 0 amide bonds. The largest absolute Gasteiger partial charge is 0.507 e. The SMILES string of the molecule is COC(=O)CN1CCC(c2cc(C(C)C)c(O)c(C(C)C)c2)CC1. The first-order valence-corrected chi connectivity index (χ1v) is 8.99. The number of carbonyl (C=O) groups is 1. The maximum Gasteiger partial charge on any atom is 0.319 e. The Bertz CT molecular complexity index is 543. The summed E-state index contributed by atoms with van der Waals surface area (Å²) < 4.78 is 4.75. The molecule has 1 aromatic rings. The van der Waals surface area contributed by atoms with Crippen LogP contribution in [0.1, 0.15) is 75.0 Å². The molecule has 134 valence electrons. The summed E-state index contributed by atoms with van der Waals surface area (Å²) >= 11 is 0. The molecule has 0 unspecified atom stereocenters. The van der Waals surface area contributed by atoms with Gasteiger partial charge in [0.2, 0.25) is 0 Å². The predicted molar refractivity (Wildman–Crippen MR) is 96.7 cm³/mol. The molecule has 0 saturated carbocycles. The van der Waals surface area contributed by atoms with Crippen LogP contribution in [0.2, 0.25) is 0 Å². The normalized spacial score (nSPS) is 16.8. The van der Waals surface area contributed by atoms with Crippen molar-refractivity contribution in [1.82, 2.24) is 4.90 Å². The lowest BCUT2D eigenvalue weighted by molar-refractivity contribution is -0.142. The highest BCUT2D eigenvalue weighted by Crippen LogP contribution is 2.38. The van der Waals surface area contributed by atoms with E-state index in [-0.39, 0.29) is 5.97 Å². The smallest absolute Gasteiger partial charge is 0.319 e. The molecule has 0 aliphatic carbocycles. The van der Waals surface area contributed by atoms with Crippen molar-refractivity contribution in [3.05, 3.63) is 28.8 Å². The van der Waals surface area contributed by atoms with Crippen molar-refractivity contribution >= 4 is 5.97 Å². The zero-order chi connectivity index (χ0) is 17.9. The van der Waals surface area contributed by atoms with Crippen molar-refractivity contribution in [1.29, 1.82) is 0 Å². The minimum atomic E-state index is -0.165. The van der Waals surface area contributed by atoms with E-state index in [9.17, 15) is 9.90 Å². The van der Waals surface area contributed by atoms with Crippen LogP contribution < -0.4 is 0 Å². The van der Waals surface area contributed by atoms with Crippen LogP contribution in [0.4, 0.5) is 0 Å². The monoisotopic (exact) mass is 333 g/mol. The summed E-state index contributed by atoms with van der Waals surface area (Å²) in [7, 11) is 1.44. The summed E-state index contributed by atoms with van der Waals surface area (Å²) in [5, 5.41) is 10.6. The highest BCUT2D eigenvalue weighted by Gasteiger charge is 2.24. The molecule has 0 aromatic heterocycles. The lowest BCUT2D eigenvalue weighted by Gasteiger charge is -2.32. The van der Waals surface area contributed by atoms with E-state index in [1.165, 1.54) is 12.7 Å². The molecule has 24 heavy (non-hydrogen) atoms. The van der Waals surface area contributed by atoms with Crippen molar-refractivity contribution in [2.24, 2.45) is 0 Å². The third-order valence-electron chi connectivity index (χ3n) is 5.07. The number of carbonyl (C=O) groups excluding carboxylic acids is 1. The molecule has 1 aromatic carbocycles. The van der Waals surface area contributed by atoms with Gasteiger partial charge in [-0.25, -0.2) is 0 Å². The average Bonchev–Trinajstić information content (AvgIpc) is 2.55. The fraction of sp³-hybridized carbons (Fsp3) is 0.650. The van der Waals surface area contributed by atoms with Crippen molar-refractivity contribution in [2.75, 3.05) is 26.7 Å². The summed E-state index contributed by atoms with van der Waals surface area (Å²) in [6.45, 7) is 10.7. The Kier molecular flexibility index (Phi) is 6.27. The molecule has 4 nitrogen and oxygen atoms in total. The number of methoxy groups -OCH3 is 1. The highest BCUT2D eigenvalue weighted by molar-refractivity contribution is 5.71. The Labute approximate surface area is 145 Å². The lowest BCUT2D eigenvalue weighted by Crippen LogP contribution is -2.37. The van der Waals surface area contributed by atoms with Crippen LogP contribution >= 0.6 is 0 Å². The van der Waals surface area contributed by atoms with Gasteiger partial charge in [-0.1, -0.05) is 39.8 Å². The van der Waals surface area contributed by atoms with Crippen molar-refractivity contribution < 1.29 is 14.6 Å². The minimum Gasteiger partial charge on any atom is -0.507 e. The molecule has 0 radical (unpaired) electrons. The molecule has 0 spiro atoms. The van der Waals surface area contributed by atoms with Gasteiger partial charge in [0, 0.05) is 0 Å². The summed E-state index contributed by atoms with van der Waals surface area (Å²) in [6.07, 6.45) is 2.08. The van der Waals surface area contributed by atoms with Crippen molar-refractivity contribution in [2.45, 2.75) is 58.3 Å². The van der Waals surface area contributed by atoms with E-state index in [2.05, 4.69) is 44.7 Å². The number of ether oxygens (including phenoxy) is 1. The maximum atomic E-state index is 11.4. The fourth-order valence-electron chi connectivity index (χ4n) is 3.49. The third kappa shape index (κ3) is 4.29. The van der Waals surface area contributed by atoms with E-state index < -0.39 is 0 Å². The van der Waals surface area contributed by atoms with Crippen LogP contribution in [-0.2, 0) is 9.53 Å². The van der Waals surface area contributed by atoms with E-state index >= 15 is 0 Å². The molecule has 1 saturated heterocycles. The number of phenolic OH excluding ortho intramolecular Hbond substituents is 1. The lowest BCUT2D eigenvalue weighted by atomic mass is 9.83. The number of phenols is 1. The second-order valence-corrected chi connectivity index (χ2v) is 7.48. The standard InChI is InChI=1S/C20H31NO3/c1-13(2)17-10-16(11-18(14(3)4)20(17)23)15-6-8-21(9-7-15)12-19(22)24-5/h10-11,13-15,23H,6-9,12H2,1-5H3. The van der Waals surface area contributed by atoms with Gasteiger partial charge in [-0.05, 0) is 60.4 Å². The van der Waals surface area contributed by atoms with Gasteiger partial charge in [0.05, 0.1) is 13.7 Å². The topological polar surface area (TPSA) is 49.8 Å². The van der Waals surface area contributed by atoms with Crippen molar-refractivity contribution in [3.8, 4) is 5.75 Å². The number of rotatable bonds is 5. The van der Waals surface area contributed by atoms with Gasteiger partial charge < -0.3 is 9.84 Å². The van der Waals surface area contributed by atoms with Crippen LogP contribution in [-0.4, -0.2) is 42.7 Å². The molecule has 1 aliphatic heterocycles. The Balaban J connectivity index is 2.16. The number of hydrogen-bond acceptors (Lipinski definition) is 4. The summed E-state index contributed by atoms with van der Waals surface area (Å²) in [5.41, 5.74) is 3.43. The zero-order valence-electron chi connectivity index (χ0n) is 15.6. The first-order valence-electron chi connectivity index (χ1n) is 8.99. The summed E-state index contributed by atoms with van der Waals surface area (Å²) in [4.78, 5) is 13.6. The molecule has 2 rings (SSSR count). The Hall–Kier alpha value is -1.55. The number of piperidine rings is 1. The Morgan fingerprint density at radius 1 is 1.17 bits per heavy atom. The average molecular weight is 333 g/mol. The van der Waals surface area contributed by atoms with Crippen LogP contribution in [0.5, 0.6) is 5.75 Å². The third-order valence-corrected chi connectivity index (χ3v) is 5.07. The Morgan fingerprint density at radius 3 is 2.08 bits per heavy atom. The van der Waals surface area contributed by atoms with Crippen LogP contribution in [0.15, 0.2) is 12.1 Å². The highest BCUT2D eigenvalue weighted by atomic mass is 16.5. The molecule has 1 aliphatic rings. The van der Waals surface area contributed by atoms with Crippen LogP contribution in [0.25, 0.3) is 0 Å². The van der Waals surface area contributed by atoms with Gasteiger partial charge in [0.15, 0.2) is 0 Å². The number of esters is 1. The number of hydrogen-bond donors (Lipinski definition) is 1. The maximum absolute atomic E-state index is 11.4. The van der Waals surface area contributed by atoms with E-state index in [0.717, 1.165) is 37.1 Å². The van der Waals surface area contributed by atoms with Crippen LogP contribution in [0.3, 0.4) is 0 Å². The van der Waals surface area contributed by atoms with Crippen LogP contribution in [0, 0.1) is 0 Å². The number of aromatic hydroxyl groups is 1. The van der Waals surface area contributed by atoms with E-state index in [4.69, 9.17) is 4.74 Å². The number of nitrogens with zero attached hydrogens (tertiary/aromatic N) is 1. The number of benzene rings is 1.